The molecule has 1 atom stereocenters. The van der Waals surface area contributed by atoms with Crippen molar-refractivity contribution < 1.29 is 13.9 Å². The van der Waals surface area contributed by atoms with E-state index in [1.54, 1.807) is 11.0 Å². The van der Waals surface area contributed by atoms with E-state index in [1.807, 2.05) is 6.07 Å². The number of hydrogen-bond acceptors (Lipinski definition) is 3. The van der Waals surface area contributed by atoms with Gasteiger partial charge in [0.05, 0.1) is 17.6 Å². The van der Waals surface area contributed by atoms with Gasteiger partial charge in [-0.05, 0) is 23.6 Å². The molecule has 3 rings (SSSR count). The Morgan fingerprint density at radius 1 is 1.50 bits per heavy atom. The van der Waals surface area contributed by atoms with Crippen LogP contribution in [-0.2, 0) is 4.74 Å². The predicted molar refractivity (Wildman–Crippen MR) is 81.2 cm³/mol. The summed E-state index contributed by atoms with van der Waals surface area (Å²) in [6, 6.07) is 6.43. The lowest BCUT2D eigenvalue weighted by Crippen LogP contribution is -2.46. The molecule has 0 N–H and O–H groups in total. The molecule has 6 heteroatoms. The first-order chi connectivity index (χ1) is 9.67. The summed E-state index contributed by atoms with van der Waals surface area (Å²) in [5, 5.41) is 1.62. The standard InChI is InChI=1S/C14H13BrFNO2S/c15-7-11-8-17(3-4-19-11)14(18)13-5-9-1-2-10(16)6-12(9)20-13/h1-2,5-6,11H,3-4,7-8H2. The zero-order chi connectivity index (χ0) is 14.1. The highest BCUT2D eigenvalue weighted by atomic mass is 79.9. The summed E-state index contributed by atoms with van der Waals surface area (Å²) in [6.45, 7) is 1.75. The Morgan fingerprint density at radius 3 is 3.15 bits per heavy atom. The monoisotopic (exact) mass is 357 g/mol. The molecule has 20 heavy (non-hydrogen) atoms. The number of halogens is 2. The second-order valence-corrected chi connectivity index (χ2v) is 6.42. The van der Waals surface area contributed by atoms with Gasteiger partial charge >= 0.3 is 0 Å². The quantitative estimate of drug-likeness (QED) is 0.772. The van der Waals surface area contributed by atoms with E-state index in [9.17, 15) is 9.18 Å². The maximum absolute atomic E-state index is 13.2. The van der Waals surface area contributed by atoms with Crippen molar-refractivity contribution in [3.63, 3.8) is 0 Å². The first kappa shape index (κ1) is 14.0. The molecule has 0 aliphatic carbocycles. The topological polar surface area (TPSA) is 29.5 Å². The second kappa shape index (κ2) is 5.79. The molecule has 1 unspecified atom stereocenters. The number of fused-ring (bicyclic) bond motifs is 1. The van der Waals surface area contributed by atoms with Crippen LogP contribution >= 0.6 is 27.3 Å². The van der Waals surface area contributed by atoms with Gasteiger partial charge in [0.1, 0.15) is 5.82 Å². The lowest BCUT2D eigenvalue weighted by Gasteiger charge is -2.31. The number of carbonyl (C=O) groups excluding carboxylic acids is 1. The zero-order valence-corrected chi connectivity index (χ0v) is 13.0. The van der Waals surface area contributed by atoms with E-state index in [0.717, 1.165) is 10.1 Å². The van der Waals surface area contributed by atoms with Crippen LogP contribution in [0.3, 0.4) is 0 Å². The number of hydrogen-bond donors (Lipinski definition) is 0. The molecule has 0 radical (unpaired) electrons. The van der Waals surface area contributed by atoms with Crippen molar-refractivity contribution in [2.45, 2.75) is 6.10 Å². The SMILES string of the molecule is O=C(c1cc2ccc(F)cc2s1)N1CCOC(CBr)C1. The summed E-state index contributed by atoms with van der Waals surface area (Å²) in [4.78, 5) is 14.9. The lowest BCUT2D eigenvalue weighted by atomic mass is 10.2. The molecule has 1 amide bonds. The summed E-state index contributed by atoms with van der Waals surface area (Å²) in [6.07, 6.45) is 0.0412. The van der Waals surface area contributed by atoms with Crippen molar-refractivity contribution in [1.82, 2.24) is 4.90 Å². The summed E-state index contributed by atoms with van der Waals surface area (Å²) in [5.74, 6) is -0.273. The van der Waals surface area contributed by atoms with Crippen LogP contribution in [0.4, 0.5) is 4.39 Å². The van der Waals surface area contributed by atoms with Gasteiger partial charge in [-0.15, -0.1) is 11.3 Å². The first-order valence-corrected chi connectivity index (χ1v) is 8.27. The van der Waals surface area contributed by atoms with Crippen molar-refractivity contribution in [3.8, 4) is 0 Å². The highest BCUT2D eigenvalue weighted by Gasteiger charge is 2.25. The van der Waals surface area contributed by atoms with Crippen LogP contribution in [0, 0.1) is 5.82 Å². The Labute approximate surface area is 128 Å². The van der Waals surface area contributed by atoms with E-state index in [2.05, 4.69) is 15.9 Å². The molecule has 1 fully saturated rings. The molecular formula is C14H13BrFNO2S. The molecule has 2 aromatic rings. The first-order valence-electron chi connectivity index (χ1n) is 6.33. The minimum absolute atomic E-state index is 0.000795. The molecule has 1 saturated heterocycles. The van der Waals surface area contributed by atoms with E-state index in [-0.39, 0.29) is 17.8 Å². The summed E-state index contributed by atoms with van der Waals surface area (Å²) >= 11 is 4.72. The molecule has 1 aliphatic rings. The fourth-order valence-electron chi connectivity index (χ4n) is 2.26. The molecule has 1 aliphatic heterocycles. The van der Waals surface area contributed by atoms with Gasteiger partial charge in [0.2, 0.25) is 0 Å². The Bertz CT molecular complexity index is 645. The van der Waals surface area contributed by atoms with Gasteiger partial charge in [-0.2, -0.15) is 0 Å². The van der Waals surface area contributed by atoms with E-state index in [4.69, 9.17) is 4.74 Å². The van der Waals surface area contributed by atoms with Gasteiger partial charge in [0, 0.05) is 23.1 Å². The minimum atomic E-state index is -0.274. The Kier molecular flexibility index (Phi) is 4.05. The number of ether oxygens (including phenoxy) is 1. The lowest BCUT2D eigenvalue weighted by molar-refractivity contribution is -0.00945. The van der Waals surface area contributed by atoms with Crippen molar-refractivity contribution in [2.24, 2.45) is 0 Å². The normalized spacial score (nSPS) is 19.5. The van der Waals surface area contributed by atoms with Crippen molar-refractivity contribution in [1.29, 1.82) is 0 Å². The maximum atomic E-state index is 13.2. The fraction of sp³-hybridized carbons (Fsp3) is 0.357. The molecule has 0 bridgehead atoms. The van der Waals surface area contributed by atoms with Crippen LogP contribution in [0.25, 0.3) is 10.1 Å². The average molecular weight is 358 g/mol. The number of carbonyl (C=O) groups is 1. The van der Waals surface area contributed by atoms with Gasteiger partial charge in [-0.1, -0.05) is 22.0 Å². The number of rotatable bonds is 2. The Morgan fingerprint density at radius 2 is 2.35 bits per heavy atom. The number of alkyl halides is 1. The average Bonchev–Trinajstić information content (AvgIpc) is 2.89. The van der Waals surface area contributed by atoms with Crippen LogP contribution in [0.5, 0.6) is 0 Å². The molecule has 3 nitrogen and oxygen atoms in total. The Balaban J connectivity index is 1.84. The molecule has 2 heterocycles. The summed E-state index contributed by atoms with van der Waals surface area (Å²) < 4.78 is 19.5. The van der Waals surface area contributed by atoms with Crippen LogP contribution in [0.1, 0.15) is 9.67 Å². The smallest absolute Gasteiger partial charge is 0.264 e. The predicted octanol–water partition coefficient (Wildman–Crippen LogP) is 3.28. The third kappa shape index (κ3) is 2.73. The number of thiophene rings is 1. The molecule has 106 valence electrons. The maximum Gasteiger partial charge on any atom is 0.264 e. The number of benzene rings is 1. The van der Waals surface area contributed by atoms with Crippen LogP contribution in [0.15, 0.2) is 24.3 Å². The second-order valence-electron chi connectivity index (χ2n) is 4.69. The largest absolute Gasteiger partial charge is 0.374 e. The van der Waals surface area contributed by atoms with Crippen LogP contribution in [-0.4, -0.2) is 41.9 Å². The van der Waals surface area contributed by atoms with Gasteiger partial charge in [0.15, 0.2) is 0 Å². The summed E-state index contributed by atoms with van der Waals surface area (Å²) in [7, 11) is 0. The van der Waals surface area contributed by atoms with E-state index in [0.29, 0.717) is 29.9 Å². The molecular weight excluding hydrogens is 345 g/mol. The number of nitrogens with zero attached hydrogens (tertiary/aromatic N) is 1. The van der Waals surface area contributed by atoms with Gasteiger partial charge in [-0.25, -0.2) is 4.39 Å². The minimum Gasteiger partial charge on any atom is -0.374 e. The van der Waals surface area contributed by atoms with Crippen molar-refractivity contribution in [3.05, 3.63) is 35.0 Å². The molecule has 0 spiro atoms. The molecule has 1 aromatic heterocycles. The van der Waals surface area contributed by atoms with Crippen LogP contribution < -0.4 is 0 Å². The van der Waals surface area contributed by atoms with Gasteiger partial charge in [-0.3, -0.25) is 4.79 Å². The van der Waals surface area contributed by atoms with Crippen molar-refractivity contribution in [2.75, 3.05) is 25.0 Å². The number of amides is 1. The van der Waals surface area contributed by atoms with Crippen molar-refractivity contribution >= 4 is 43.3 Å². The fourth-order valence-corrected chi connectivity index (χ4v) is 3.71. The highest BCUT2D eigenvalue weighted by Crippen LogP contribution is 2.27. The van der Waals surface area contributed by atoms with Gasteiger partial charge in [0.25, 0.3) is 5.91 Å². The number of morpholine rings is 1. The van der Waals surface area contributed by atoms with Crippen LogP contribution in [0.2, 0.25) is 0 Å². The Hall–Kier alpha value is -0.980. The summed E-state index contributed by atoms with van der Waals surface area (Å²) in [5.41, 5.74) is 0. The third-order valence-corrected chi connectivity index (χ3v) is 5.10. The van der Waals surface area contributed by atoms with E-state index < -0.39 is 0 Å². The highest BCUT2D eigenvalue weighted by molar-refractivity contribution is 9.09. The van der Waals surface area contributed by atoms with E-state index in [1.165, 1.54) is 23.5 Å². The van der Waals surface area contributed by atoms with Gasteiger partial charge < -0.3 is 9.64 Å². The zero-order valence-electron chi connectivity index (χ0n) is 10.6. The third-order valence-electron chi connectivity index (χ3n) is 3.29. The van der Waals surface area contributed by atoms with E-state index >= 15 is 0 Å². The molecule has 1 aromatic carbocycles. The molecule has 0 saturated carbocycles.